The lowest BCUT2D eigenvalue weighted by atomic mass is 10.2. The number of aliphatic imine (C=N–C) groups is 1. The van der Waals surface area contributed by atoms with Gasteiger partial charge in [-0.05, 0) is 48.2 Å². The van der Waals surface area contributed by atoms with Crippen molar-refractivity contribution in [3.63, 3.8) is 0 Å². The molecule has 0 spiro atoms. The number of thioether (sulfide) groups is 1. The van der Waals surface area contributed by atoms with Crippen molar-refractivity contribution in [1.29, 1.82) is 0 Å². The van der Waals surface area contributed by atoms with Crippen molar-refractivity contribution < 1.29 is 8.42 Å². The summed E-state index contributed by atoms with van der Waals surface area (Å²) in [5, 5.41) is 0. The molecule has 6 heteroatoms. The van der Waals surface area contributed by atoms with Crippen LogP contribution in [0.5, 0.6) is 0 Å². The highest BCUT2D eigenvalue weighted by atomic mass is 32.2. The van der Waals surface area contributed by atoms with Gasteiger partial charge in [0.25, 0.3) is 0 Å². The van der Waals surface area contributed by atoms with E-state index in [4.69, 9.17) is 0 Å². The van der Waals surface area contributed by atoms with Crippen LogP contribution in [0.4, 0.5) is 5.69 Å². The molecular formula is C18H22N2O2S2. The summed E-state index contributed by atoms with van der Waals surface area (Å²) < 4.78 is 26.3. The molecule has 0 radical (unpaired) electrons. The van der Waals surface area contributed by atoms with Gasteiger partial charge in [-0.3, -0.25) is 4.99 Å². The van der Waals surface area contributed by atoms with Gasteiger partial charge in [-0.15, -0.1) is 11.8 Å². The van der Waals surface area contributed by atoms with E-state index in [0.29, 0.717) is 18.0 Å². The predicted molar refractivity (Wildman–Crippen MR) is 102 cm³/mol. The third kappa shape index (κ3) is 4.47. The molecule has 0 aliphatic rings. The normalized spacial score (nSPS) is 12.2. The Labute approximate surface area is 148 Å². The molecule has 24 heavy (non-hydrogen) atoms. The molecule has 128 valence electrons. The van der Waals surface area contributed by atoms with Crippen LogP contribution in [0, 0.1) is 0 Å². The van der Waals surface area contributed by atoms with Gasteiger partial charge in [-0.25, -0.2) is 8.42 Å². The molecule has 4 nitrogen and oxygen atoms in total. The first kappa shape index (κ1) is 18.7. The summed E-state index contributed by atoms with van der Waals surface area (Å²) in [6.07, 6.45) is 3.81. The Hall–Kier alpha value is -1.63. The number of sulfonamides is 1. The van der Waals surface area contributed by atoms with Gasteiger partial charge >= 0.3 is 0 Å². The molecule has 0 amide bonds. The van der Waals surface area contributed by atoms with E-state index in [1.807, 2.05) is 44.4 Å². The fourth-order valence-corrected chi connectivity index (χ4v) is 4.12. The standard InChI is InChI=1S/C18H22N2O2S2/c1-4-20(5-2)24(21,22)18-12-8-16(9-13-18)19-14-15-6-10-17(23-3)11-7-15/h6-14H,4-5H2,1-3H3. The highest BCUT2D eigenvalue weighted by Crippen LogP contribution is 2.20. The molecule has 2 rings (SSSR count). The van der Waals surface area contributed by atoms with Gasteiger partial charge in [-0.1, -0.05) is 26.0 Å². The minimum Gasteiger partial charge on any atom is -0.256 e. The van der Waals surface area contributed by atoms with E-state index in [2.05, 4.69) is 4.99 Å². The fourth-order valence-electron chi connectivity index (χ4n) is 2.26. The average Bonchev–Trinajstić information content (AvgIpc) is 2.61. The Balaban J connectivity index is 2.15. The summed E-state index contributed by atoms with van der Waals surface area (Å²) in [7, 11) is -3.41. The smallest absolute Gasteiger partial charge is 0.243 e. The molecule has 0 aromatic heterocycles. The van der Waals surface area contributed by atoms with Crippen LogP contribution in [0.15, 0.2) is 63.3 Å². The predicted octanol–water partition coefficient (Wildman–Crippen LogP) is 4.19. The fraction of sp³-hybridized carbons (Fsp3) is 0.278. The van der Waals surface area contributed by atoms with Crippen LogP contribution in [0.2, 0.25) is 0 Å². The van der Waals surface area contributed by atoms with E-state index in [1.54, 1.807) is 42.2 Å². The molecule has 0 saturated carbocycles. The molecular weight excluding hydrogens is 340 g/mol. The van der Waals surface area contributed by atoms with Crippen molar-refractivity contribution in [3.05, 3.63) is 54.1 Å². The van der Waals surface area contributed by atoms with Crippen molar-refractivity contribution in [2.24, 2.45) is 4.99 Å². The van der Waals surface area contributed by atoms with Gasteiger partial charge in [0.15, 0.2) is 0 Å². The SMILES string of the molecule is CCN(CC)S(=O)(=O)c1ccc(N=Cc2ccc(SC)cc2)cc1. The zero-order valence-corrected chi connectivity index (χ0v) is 15.8. The summed E-state index contributed by atoms with van der Waals surface area (Å²) in [5.74, 6) is 0. The third-order valence-electron chi connectivity index (χ3n) is 3.66. The van der Waals surface area contributed by atoms with Gasteiger partial charge in [0.05, 0.1) is 10.6 Å². The summed E-state index contributed by atoms with van der Waals surface area (Å²) in [6, 6.07) is 14.8. The lowest BCUT2D eigenvalue weighted by Gasteiger charge is -2.18. The van der Waals surface area contributed by atoms with Crippen molar-refractivity contribution >= 4 is 33.7 Å². The van der Waals surface area contributed by atoms with Gasteiger partial charge in [0.2, 0.25) is 10.0 Å². The lowest BCUT2D eigenvalue weighted by Crippen LogP contribution is -2.30. The molecule has 0 unspecified atom stereocenters. The van der Waals surface area contributed by atoms with E-state index in [-0.39, 0.29) is 0 Å². The molecule has 0 aliphatic heterocycles. The Morgan fingerprint density at radius 3 is 2.08 bits per heavy atom. The molecule has 0 saturated heterocycles. The molecule has 0 aliphatic carbocycles. The average molecular weight is 363 g/mol. The summed E-state index contributed by atoms with van der Waals surface area (Å²) in [5.41, 5.74) is 1.73. The second-order valence-electron chi connectivity index (χ2n) is 5.11. The highest BCUT2D eigenvalue weighted by molar-refractivity contribution is 7.98. The Kier molecular flexibility index (Phi) is 6.60. The minimum atomic E-state index is -3.41. The van der Waals surface area contributed by atoms with Crippen LogP contribution >= 0.6 is 11.8 Å². The zero-order chi connectivity index (χ0) is 17.6. The number of benzene rings is 2. The van der Waals surface area contributed by atoms with Gasteiger partial charge in [-0.2, -0.15) is 4.31 Å². The van der Waals surface area contributed by atoms with Gasteiger partial charge in [0.1, 0.15) is 0 Å². The first-order valence-electron chi connectivity index (χ1n) is 7.79. The first-order chi connectivity index (χ1) is 11.5. The molecule has 0 atom stereocenters. The summed E-state index contributed by atoms with van der Waals surface area (Å²) in [4.78, 5) is 5.91. The first-order valence-corrected chi connectivity index (χ1v) is 10.5. The van der Waals surface area contributed by atoms with E-state index >= 15 is 0 Å². The third-order valence-corrected chi connectivity index (χ3v) is 6.47. The number of rotatable bonds is 7. The van der Waals surface area contributed by atoms with Crippen molar-refractivity contribution in [2.75, 3.05) is 19.3 Å². The quantitative estimate of drug-likeness (QED) is 0.548. The van der Waals surface area contributed by atoms with E-state index in [1.165, 1.54) is 9.20 Å². The second kappa shape index (κ2) is 8.46. The maximum atomic E-state index is 12.4. The zero-order valence-electron chi connectivity index (χ0n) is 14.1. The topological polar surface area (TPSA) is 49.7 Å². The molecule has 2 aromatic carbocycles. The van der Waals surface area contributed by atoms with Crippen LogP contribution in [0.1, 0.15) is 19.4 Å². The van der Waals surface area contributed by atoms with Crippen molar-refractivity contribution in [2.45, 2.75) is 23.6 Å². The van der Waals surface area contributed by atoms with Crippen LogP contribution in [-0.4, -0.2) is 38.3 Å². The van der Waals surface area contributed by atoms with Crippen LogP contribution in [0.25, 0.3) is 0 Å². The Bertz CT molecular complexity index is 779. The van der Waals surface area contributed by atoms with E-state index in [0.717, 1.165) is 11.3 Å². The highest BCUT2D eigenvalue weighted by Gasteiger charge is 2.20. The molecule has 2 aromatic rings. The molecule has 0 heterocycles. The van der Waals surface area contributed by atoms with Crippen LogP contribution in [-0.2, 0) is 10.0 Å². The minimum absolute atomic E-state index is 0.300. The monoisotopic (exact) mass is 362 g/mol. The number of hydrogen-bond acceptors (Lipinski definition) is 4. The maximum absolute atomic E-state index is 12.4. The van der Waals surface area contributed by atoms with Gasteiger partial charge in [0, 0.05) is 24.2 Å². The number of nitrogens with zero attached hydrogens (tertiary/aromatic N) is 2. The van der Waals surface area contributed by atoms with E-state index < -0.39 is 10.0 Å². The Morgan fingerprint density at radius 2 is 1.58 bits per heavy atom. The second-order valence-corrected chi connectivity index (χ2v) is 7.93. The number of hydrogen-bond donors (Lipinski definition) is 0. The van der Waals surface area contributed by atoms with Crippen molar-refractivity contribution in [3.8, 4) is 0 Å². The van der Waals surface area contributed by atoms with Crippen molar-refractivity contribution in [1.82, 2.24) is 4.31 Å². The maximum Gasteiger partial charge on any atom is 0.243 e. The largest absolute Gasteiger partial charge is 0.256 e. The van der Waals surface area contributed by atoms with E-state index in [9.17, 15) is 8.42 Å². The molecule has 0 bridgehead atoms. The molecule has 0 fully saturated rings. The summed E-state index contributed by atoms with van der Waals surface area (Å²) in [6.45, 7) is 4.60. The molecule has 0 N–H and O–H groups in total. The summed E-state index contributed by atoms with van der Waals surface area (Å²) >= 11 is 1.70. The van der Waals surface area contributed by atoms with Crippen LogP contribution < -0.4 is 0 Å². The Morgan fingerprint density at radius 1 is 1.00 bits per heavy atom. The lowest BCUT2D eigenvalue weighted by molar-refractivity contribution is 0.445. The van der Waals surface area contributed by atoms with Gasteiger partial charge < -0.3 is 0 Å². The van der Waals surface area contributed by atoms with Crippen LogP contribution in [0.3, 0.4) is 0 Å².